The van der Waals surface area contributed by atoms with Gasteiger partial charge in [0.15, 0.2) is 0 Å². The van der Waals surface area contributed by atoms with Crippen LogP contribution in [0.3, 0.4) is 0 Å². The Balaban J connectivity index is 1.40. The van der Waals surface area contributed by atoms with Crippen LogP contribution in [0.1, 0.15) is 44.5 Å². The summed E-state index contributed by atoms with van der Waals surface area (Å²) in [5.41, 5.74) is 21.8. The minimum atomic E-state index is 1.16. The van der Waals surface area contributed by atoms with Crippen molar-refractivity contribution >= 4 is 66.4 Å². The summed E-state index contributed by atoms with van der Waals surface area (Å²) in [5.74, 6) is 0. The smallest absolute Gasteiger partial charge is 0.0547 e. The highest BCUT2D eigenvalue weighted by molar-refractivity contribution is 6.32. The fraction of sp³-hybridized carbons (Fsp3) is 0.133. The maximum atomic E-state index is 2.53. The van der Waals surface area contributed by atoms with Crippen molar-refractivity contribution in [2.24, 2.45) is 0 Å². The number of anilines is 6. The van der Waals surface area contributed by atoms with Crippen LogP contribution in [-0.4, -0.2) is 0 Å². The van der Waals surface area contributed by atoms with E-state index in [9.17, 15) is 0 Å². The Morgan fingerprint density at radius 2 is 0.548 bits per heavy atom. The van der Waals surface area contributed by atoms with Gasteiger partial charge in [0.25, 0.3) is 0 Å². The lowest BCUT2D eigenvalue weighted by molar-refractivity contribution is 1.22. The van der Waals surface area contributed by atoms with Crippen LogP contribution < -0.4 is 9.80 Å². The van der Waals surface area contributed by atoms with E-state index in [4.69, 9.17) is 0 Å². The van der Waals surface area contributed by atoms with Crippen molar-refractivity contribution in [1.82, 2.24) is 0 Å². The molecule has 10 aromatic carbocycles. The van der Waals surface area contributed by atoms with Gasteiger partial charge in [0, 0.05) is 44.3 Å². The van der Waals surface area contributed by atoms with E-state index in [2.05, 4.69) is 235 Å². The predicted molar refractivity (Wildman–Crippen MR) is 268 cm³/mol. The molecule has 0 aromatic heterocycles. The number of rotatable bonds is 8. The van der Waals surface area contributed by atoms with Crippen molar-refractivity contribution in [3.8, 4) is 22.3 Å². The number of benzene rings is 10. The molecular weight excluding hydrogens is 749 g/mol. The lowest BCUT2D eigenvalue weighted by Crippen LogP contribution is -2.15. The first-order chi connectivity index (χ1) is 30.0. The molecule has 0 N–H and O–H groups in total. The Kier molecular flexibility index (Phi) is 9.68. The van der Waals surface area contributed by atoms with Gasteiger partial charge >= 0.3 is 0 Å². The van der Waals surface area contributed by atoms with Crippen LogP contribution in [0.5, 0.6) is 0 Å². The van der Waals surface area contributed by atoms with Crippen molar-refractivity contribution in [2.45, 2.75) is 55.4 Å². The van der Waals surface area contributed by atoms with Crippen molar-refractivity contribution in [3.63, 3.8) is 0 Å². The first-order valence-electron chi connectivity index (χ1n) is 21.8. The standard InChI is InChI=1S/C60H52N2/c1-37-19-27-53(41(5)31-37)61(54-28-20-38(2)32-42(54)6)57-35-51(45-15-11-9-12-16-45)47-24-26-50-58(36-52(46-17-13-10-14-18-46)48-23-25-49(57)59(47)60(48)50)62(55-29-21-39(3)33-43(55)7)56-30-22-40(4)34-44(56)8/h9-36H,1-8H3. The molecule has 0 aliphatic rings. The molecule has 0 fully saturated rings. The Labute approximate surface area is 366 Å². The van der Waals surface area contributed by atoms with Gasteiger partial charge in [-0.3, -0.25) is 0 Å². The Bertz CT molecular complexity index is 3000. The Morgan fingerprint density at radius 3 is 0.839 bits per heavy atom. The zero-order valence-corrected chi connectivity index (χ0v) is 37.1. The van der Waals surface area contributed by atoms with Gasteiger partial charge < -0.3 is 9.80 Å². The molecule has 0 aliphatic heterocycles. The lowest BCUT2D eigenvalue weighted by atomic mass is 9.85. The molecule has 2 nitrogen and oxygen atoms in total. The maximum absolute atomic E-state index is 2.53. The average molecular weight is 801 g/mol. The fourth-order valence-corrected chi connectivity index (χ4v) is 10.0. The molecule has 0 spiro atoms. The van der Waals surface area contributed by atoms with Crippen LogP contribution in [0.25, 0.3) is 54.6 Å². The highest BCUT2D eigenvalue weighted by Crippen LogP contribution is 2.53. The SMILES string of the molecule is Cc1ccc(N(c2ccc(C)cc2C)c2cc(-c3ccccc3)c3ccc4c(N(c5ccc(C)cc5C)c5ccc(C)cc5C)cc(-c5ccccc5)c5ccc2c3c54)c(C)c1. The summed E-state index contributed by atoms with van der Waals surface area (Å²) in [7, 11) is 0. The summed E-state index contributed by atoms with van der Waals surface area (Å²) in [5, 5.41) is 7.48. The lowest BCUT2D eigenvalue weighted by Gasteiger charge is -2.33. The third-order valence-electron chi connectivity index (χ3n) is 12.9. The summed E-state index contributed by atoms with van der Waals surface area (Å²) >= 11 is 0. The normalized spacial score (nSPS) is 11.5. The maximum Gasteiger partial charge on any atom is 0.0547 e. The molecule has 2 heteroatoms. The van der Waals surface area contributed by atoms with E-state index >= 15 is 0 Å². The van der Waals surface area contributed by atoms with E-state index in [-0.39, 0.29) is 0 Å². The molecule has 0 saturated heterocycles. The molecule has 302 valence electrons. The highest BCUT2D eigenvalue weighted by Gasteiger charge is 2.27. The topological polar surface area (TPSA) is 6.48 Å². The second kappa shape index (κ2) is 15.4. The van der Waals surface area contributed by atoms with Gasteiger partial charge in [0.2, 0.25) is 0 Å². The summed E-state index contributed by atoms with van der Waals surface area (Å²) < 4.78 is 0. The van der Waals surface area contributed by atoms with Crippen LogP contribution in [0.15, 0.2) is 170 Å². The molecule has 0 bridgehead atoms. The summed E-state index contributed by atoms with van der Waals surface area (Å²) in [6, 6.07) is 63.9. The van der Waals surface area contributed by atoms with E-state index in [1.807, 2.05) is 0 Å². The monoisotopic (exact) mass is 800 g/mol. The zero-order chi connectivity index (χ0) is 42.8. The minimum Gasteiger partial charge on any atom is -0.309 e. The van der Waals surface area contributed by atoms with Gasteiger partial charge in [-0.05, 0) is 147 Å². The van der Waals surface area contributed by atoms with Crippen molar-refractivity contribution in [2.75, 3.05) is 9.80 Å². The molecule has 0 atom stereocenters. The van der Waals surface area contributed by atoms with Gasteiger partial charge in [-0.15, -0.1) is 0 Å². The van der Waals surface area contributed by atoms with Gasteiger partial charge in [-0.2, -0.15) is 0 Å². The molecule has 62 heavy (non-hydrogen) atoms. The minimum absolute atomic E-state index is 1.16. The van der Waals surface area contributed by atoms with E-state index < -0.39 is 0 Å². The molecule has 0 aliphatic carbocycles. The van der Waals surface area contributed by atoms with Crippen molar-refractivity contribution in [3.05, 3.63) is 214 Å². The Hall–Kier alpha value is -7.16. The molecule has 0 amide bonds. The van der Waals surface area contributed by atoms with Crippen LogP contribution in [0.4, 0.5) is 34.1 Å². The van der Waals surface area contributed by atoms with Crippen LogP contribution >= 0.6 is 0 Å². The van der Waals surface area contributed by atoms with Gasteiger partial charge in [0.1, 0.15) is 0 Å². The van der Waals surface area contributed by atoms with E-state index in [1.54, 1.807) is 0 Å². The van der Waals surface area contributed by atoms with E-state index in [0.717, 1.165) is 11.4 Å². The third-order valence-corrected chi connectivity index (χ3v) is 12.9. The summed E-state index contributed by atoms with van der Waals surface area (Å²) in [4.78, 5) is 5.05. The number of aryl methyl sites for hydroxylation is 8. The molecule has 10 aromatic rings. The zero-order valence-electron chi connectivity index (χ0n) is 37.1. The molecular formula is C60H52N2. The van der Waals surface area contributed by atoms with Crippen LogP contribution in [-0.2, 0) is 0 Å². The second-order valence-electron chi connectivity index (χ2n) is 17.5. The Morgan fingerprint density at radius 1 is 0.258 bits per heavy atom. The average Bonchev–Trinajstić information content (AvgIpc) is 3.26. The first-order valence-corrected chi connectivity index (χ1v) is 21.8. The van der Waals surface area contributed by atoms with Crippen molar-refractivity contribution < 1.29 is 0 Å². The van der Waals surface area contributed by atoms with Gasteiger partial charge in [-0.1, -0.05) is 156 Å². The molecule has 0 unspecified atom stereocenters. The van der Waals surface area contributed by atoms with E-state index in [1.165, 1.54) is 122 Å². The predicted octanol–water partition coefficient (Wildman–Crippen LogP) is 17.3. The number of nitrogens with zero attached hydrogens (tertiary/aromatic N) is 2. The third kappa shape index (κ3) is 6.59. The van der Waals surface area contributed by atoms with E-state index in [0.29, 0.717) is 0 Å². The molecule has 0 heterocycles. The number of hydrogen-bond acceptors (Lipinski definition) is 2. The highest BCUT2D eigenvalue weighted by atomic mass is 15.2. The molecule has 10 rings (SSSR count). The van der Waals surface area contributed by atoms with Crippen molar-refractivity contribution in [1.29, 1.82) is 0 Å². The molecule has 0 radical (unpaired) electrons. The summed E-state index contributed by atoms with van der Waals surface area (Å²) in [6.45, 7) is 17.7. The molecule has 0 saturated carbocycles. The van der Waals surface area contributed by atoms with Gasteiger partial charge in [-0.25, -0.2) is 0 Å². The first kappa shape index (κ1) is 39.0. The largest absolute Gasteiger partial charge is 0.309 e. The van der Waals surface area contributed by atoms with Crippen LogP contribution in [0, 0.1) is 55.4 Å². The quantitative estimate of drug-likeness (QED) is 0.141. The second-order valence-corrected chi connectivity index (χ2v) is 17.5. The number of hydrogen-bond donors (Lipinski definition) is 0. The summed E-state index contributed by atoms with van der Waals surface area (Å²) in [6.07, 6.45) is 0. The van der Waals surface area contributed by atoms with Crippen LogP contribution in [0.2, 0.25) is 0 Å². The fourth-order valence-electron chi connectivity index (χ4n) is 10.0. The van der Waals surface area contributed by atoms with Gasteiger partial charge in [0.05, 0.1) is 11.4 Å².